The Morgan fingerprint density at radius 1 is 1.53 bits per heavy atom. The molecule has 6 heteroatoms. The SMILES string of the molecule is NC(=S)c1nccnc1OC1CCOC1. The molecule has 0 radical (unpaired) electrons. The number of rotatable bonds is 3. The van der Waals surface area contributed by atoms with Gasteiger partial charge in [0.2, 0.25) is 5.88 Å². The molecule has 0 aromatic carbocycles. The Bertz CT molecular complexity index is 366. The summed E-state index contributed by atoms with van der Waals surface area (Å²) in [6, 6.07) is 0. The van der Waals surface area contributed by atoms with E-state index in [9.17, 15) is 0 Å². The Morgan fingerprint density at radius 2 is 2.33 bits per heavy atom. The first-order valence-electron chi connectivity index (χ1n) is 4.62. The average Bonchev–Trinajstić information content (AvgIpc) is 2.71. The molecule has 1 aromatic heterocycles. The molecule has 1 aromatic rings. The van der Waals surface area contributed by atoms with Crippen molar-refractivity contribution in [3.8, 4) is 5.88 Å². The van der Waals surface area contributed by atoms with Crippen LogP contribution in [0.2, 0.25) is 0 Å². The molecule has 1 saturated heterocycles. The molecule has 1 aliphatic rings. The van der Waals surface area contributed by atoms with E-state index in [1.807, 2.05) is 0 Å². The van der Waals surface area contributed by atoms with Gasteiger partial charge in [0.1, 0.15) is 11.1 Å². The minimum atomic E-state index is 0.0230. The zero-order chi connectivity index (χ0) is 10.7. The van der Waals surface area contributed by atoms with Gasteiger partial charge in [-0.25, -0.2) is 9.97 Å². The number of ether oxygens (including phenoxy) is 2. The molecule has 0 bridgehead atoms. The summed E-state index contributed by atoms with van der Waals surface area (Å²) in [5.41, 5.74) is 5.94. The maximum Gasteiger partial charge on any atom is 0.243 e. The van der Waals surface area contributed by atoms with Gasteiger partial charge in [-0.15, -0.1) is 0 Å². The largest absolute Gasteiger partial charge is 0.470 e. The van der Waals surface area contributed by atoms with Gasteiger partial charge in [-0.2, -0.15) is 0 Å². The number of aromatic nitrogens is 2. The molecule has 80 valence electrons. The van der Waals surface area contributed by atoms with Crippen molar-refractivity contribution in [2.75, 3.05) is 13.2 Å². The molecular formula is C9H11N3O2S. The highest BCUT2D eigenvalue weighted by molar-refractivity contribution is 7.80. The van der Waals surface area contributed by atoms with E-state index in [0.717, 1.165) is 6.42 Å². The number of nitrogens with two attached hydrogens (primary N) is 1. The predicted molar refractivity (Wildman–Crippen MR) is 57.8 cm³/mol. The van der Waals surface area contributed by atoms with E-state index in [1.54, 1.807) is 6.20 Å². The van der Waals surface area contributed by atoms with E-state index in [0.29, 0.717) is 24.8 Å². The van der Waals surface area contributed by atoms with Gasteiger partial charge in [0.05, 0.1) is 13.2 Å². The second kappa shape index (κ2) is 4.50. The summed E-state index contributed by atoms with van der Waals surface area (Å²) in [6.07, 6.45) is 3.96. The third-order valence-electron chi connectivity index (χ3n) is 2.06. The summed E-state index contributed by atoms with van der Waals surface area (Å²) in [5, 5.41) is 0. The summed E-state index contributed by atoms with van der Waals surface area (Å²) < 4.78 is 10.8. The van der Waals surface area contributed by atoms with Crippen molar-refractivity contribution < 1.29 is 9.47 Å². The fourth-order valence-corrected chi connectivity index (χ4v) is 1.48. The lowest BCUT2D eigenvalue weighted by Crippen LogP contribution is -2.21. The lowest BCUT2D eigenvalue weighted by atomic mass is 10.3. The molecule has 1 atom stereocenters. The smallest absolute Gasteiger partial charge is 0.243 e. The maximum atomic E-state index is 5.60. The Balaban J connectivity index is 2.15. The lowest BCUT2D eigenvalue weighted by Gasteiger charge is -2.12. The van der Waals surface area contributed by atoms with Gasteiger partial charge >= 0.3 is 0 Å². The maximum absolute atomic E-state index is 5.60. The average molecular weight is 225 g/mol. The van der Waals surface area contributed by atoms with Crippen LogP contribution in [0.3, 0.4) is 0 Å². The van der Waals surface area contributed by atoms with Crippen LogP contribution in [0, 0.1) is 0 Å². The highest BCUT2D eigenvalue weighted by Gasteiger charge is 2.20. The second-order valence-corrected chi connectivity index (χ2v) is 3.62. The number of nitrogens with zero attached hydrogens (tertiary/aromatic N) is 2. The summed E-state index contributed by atoms with van der Waals surface area (Å²) in [5.74, 6) is 0.389. The van der Waals surface area contributed by atoms with Crippen LogP contribution < -0.4 is 10.5 Å². The van der Waals surface area contributed by atoms with Gasteiger partial charge in [0.15, 0.2) is 5.69 Å². The highest BCUT2D eigenvalue weighted by atomic mass is 32.1. The minimum absolute atomic E-state index is 0.0230. The zero-order valence-corrected chi connectivity index (χ0v) is 8.87. The lowest BCUT2D eigenvalue weighted by molar-refractivity contribution is 0.137. The molecule has 0 amide bonds. The second-order valence-electron chi connectivity index (χ2n) is 3.18. The van der Waals surface area contributed by atoms with E-state index >= 15 is 0 Å². The van der Waals surface area contributed by atoms with Crippen LogP contribution in [0.5, 0.6) is 5.88 Å². The summed E-state index contributed by atoms with van der Waals surface area (Å²) in [4.78, 5) is 8.27. The van der Waals surface area contributed by atoms with Crippen LogP contribution >= 0.6 is 12.2 Å². The number of thiocarbonyl (C=S) groups is 1. The molecule has 1 unspecified atom stereocenters. The van der Waals surface area contributed by atoms with E-state index in [4.69, 9.17) is 27.4 Å². The van der Waals surface area contributed by atoms with E-state index in [1.165, 1.54) is 6.20 Å². The van der Waals surface area contributed by atoms with Gasteiger partial charge in [-0.05, 0) is 0 Å². The van der Waals surface area contributed by atoms with E-state index in [-0.39, 0.29) is 11.1 Å². The molecule has 1 aliphatic heterocycles. The Labute approximate surface area is 92.6 Å². The predicted octanol–water partition coefficient (Wildman–Crippen LogP) is 0.278. The fourth-order valence-electron chi connectivity index (χ4n) is 1.34. The van der Waals surface area contributed by atoms with Crippen molar-refractivity contribution >= 4 is 17.2 Å². The van der Waals surface area contributed by atoms with Crippen LogP contribution in [0.15, 0.2) is 12.4 Å². The molecule has 0 spiro atoms. The van der Waals surface area contributed by atoms with E-state index in [2.05, 4.69) is 9.97 Å². The molecule has 0 saturated carbocycles. The van der Waals surface area contributed by atoms with Crippen LogP contribution in [-0.4, -0.2) is 34.3 Å². The summed E-state index contributed by atoms with van der Waals surface area (Å²) in [6.45, 7) is 1.29. The first kappa shape index (κ1) is 10.3. The Morgan fingerprint density at radius 3 is 3.00 bits per heavy atom. The fraction of sp³-hybridized carbons (Fsp3) is 0.444. The van der Waals surface area contributed by atoms with Crippen molar-refractivity contribution in [2.45, 2.75) is 12.5 Å². The molecule has 0 aliphatic carbocycles. The van der Waals surface area contributed by atoms with Gasteiger partial charge in [-0.3, -0.25) is 0 Å². The number of hydrogen-bond acceptors (Lipinski definition) is 5. The van der Waals surface area contributed by atoms with Crippen LogP contribution in [0.25, 0.3) is 0 Å². The quantitative estimate of drug-likeness (QED) is 0.745. The third-order valence-corrected chi connectivity index (χ3v) is 2.26. The van der Waals surface area contributed by atoms with Gasteiger partial charge in [0.25, 0.3) is 0 Å². The zero-order valence-electron chi connectivity index (χ0n) is 8.05. The van der Waals surface area contributed by atoms with Crippen LogP contribution in [0.1, 0.15) is 12.1 Å². The van der Waals surface area contributed by atoms with Crippen LogP contribution in [0.4, 0.5) is 0 Å². The minimum Gasteiger partial charge on any atom is -0.470 e. The topological polar surface area (TPSA) is 70.3 Å². The molecule has 2 heterocycles. The summed E-state index contributed by atoms with van der Waals surface area (Å²) in [7, 11) is 0. The number of hydrogen-bond donors (Lipinski definition) is 1. The van der Waals surface area contributed by atoms with Gasteiger partial charge in [0, 0.05) is 18.8 Å². The Hall–Kier alpha value is -1.27. The standard InChI is InChI=1S/C9H11N3O2S/c10-8(15)7-9(12-3-2-11-7)14-6-1-4-13-5-6/h2-3,6H,1,4-5H2,(H2,10,15). The Kier molecular flexibility index (Phi) is 3.08. The van der Waals surface area contributed by atoms with Crippen molar-refractivity contribution in [3.63, 3.8) is 0 Å². The molecule has 15 heavy (non-hydrogen) atoms. The van der Waals surface area contributed by atoms with Gasteiger partial charge in [-0.1, -0.05) is 12.2 Å². The van der Waals surface area contributed by atoms with Crippen molar-refractivity contribution in [1.29, 1.82) is 0 Å². The highest BCUT2D eigenvalue weighted by Crippen LogP contribution is 2.16. The first-order chi connectivity index (χ1) is 7.27. The van der Waals surface area contributed by atoms with Crippen molar-refractivity contribution in [1.82, 2.24) is 9.97 Å². The normalized spacial score (nSPS) is 20.1. The van der Waals surface area contributed by atoms with Gasteiger partial charge < -0.3 is 15.2 Å². The van der Waals surface area contributed by atoms with Crippen molar-refractivity contribution in [2.24, 2.45) is 5.73 Å². The van der Waals surface area contributed by atoms with Crippen LogP contribution in [-0.2, 0) is 4.74 Å². The molecule has 5 nitrogen and oxygen atoms in total. The molecular weight excluding hydrogens is 214 g/mol. The molecule has 2 N–H and O–H groups in total. The van der Waals surface area contributed by atoms with Crippen molar-refractivity contribution in [3.05, 3.63) is 18.1 Å². The van der Waals surface area contributed by atoms with E-state index < -0.39 is 0 Å². The molecule has 1 fully saturated rings. The third kappa shape index (κ3) is 2.40. The molecule has 2 rings (SSSR count). The first-order valence-corrected chi connectivity index (χ1v) is 5.03. The monoisotopic (exact) mass is 225 g/mol. The summed E-state index contributed by atoms with van der Waals surface area (Å²) >= 11 is 4.85.